The maximum absolute atomic E-state index is 10.7. The molecule has 8 nitrogen and oxygen atoms in total. The number of phosphoric acid groups is 1. The van der Waals surface area contributed by atoms with E-state index < -0.39 is 19.8 Å². The Labute approximate surface area is 116 Å². The third-order valence-corrected chi connectivity index (χ3v) is 2.01. The number of aliphatic carboxylic acids is 2. The average molecular weight is 282 g/mol. The Bertz CT molecular complexity index is 205. The van der Waals surface area contributed by atoms with Crippen molar-refractivity contribution in [2.24, 2.45) is 0 Å². The second kappa shape index (κ2) is 15.8. The Morgan fingerprint density at radius 2 is 1.00 bits per heavy atom. The van der Waals surface area contributed by atoms with Crippen molar-refractivity contribution in [2.45, 2.75) is 13.8 Å². The molecule has 0 saturated heterocycles. The van der Waals surface area contributed by atoms with Crippen LogP contribution in [0.15, 0.2) is 0 Å². The summed E-state index contributed by atoms with van der Waals surface area (Å²) in [5.41, 5.74) is 0. The van der Waals surface area contributed by atoms with Crippen molar-refractivity contribution in [3.05, 3.63) is 0 Å². The standard InChI is InChI=1S/C3H9O4P.2C2H4O2.Mg/c1-5-8(4,6-2)7-3;2*1-2(3)4;/h1-3H3;2*1H3,(H,3,4);/q;;;+2/p-2. The van der Waals surface area contributed by atoms with Gasteiger partial charge >= 0.3 is 30.9 Å². The molecule has 10 heteroatoms. The molecule has 0 heterocycles. The van der Waals surface area contributed by atoms with E-state index in [-0.39, 0.29) is 23.1 Å². The first-order valence-corrected chi connectivity index (χ1v) is 5.23. The number of carboxylic acid groups (broad SMARTS) is 2. The van der Waals surface area contributed by atoms with Gasteiger partial charge in [-0.15, -0.1) is 0 Å². The molecule has 0 radical (unpaired) electrons. The number of hydrogen-bond acceptors (Lipinski definition) is 8. The van der Waals surface area contributed by atoms with Crippen LogP contribution in [0.4, 0.5) is 0 Å². The van der Waals surface area contributed by atoms with Gasteiger partial charge in [0.15, 0.2) is 0 Å². The van der Waals surface area contributed by atoms with Crippen LogP contribution in [0.1, 0.15) is 13.8 Å². The van der Waals surface area contributed by atoms with E-state index >= 15 is 0 Å². The Morgan fingerprint density at radius 1 is 0.882 bits per heavy atom. The first kappa shape index (κ1) is 25.6. The Hall–Kier alpha value is -0.184. The van der Waals surface area contributed by atoms with Gasteiger partial charge < -0.3 is 19.8 Å². The number of rotatable bonds is 3. The monoisotopic (exact) mass is 282 g/mol. The van der Waals surface area contributed by atoms with Crippen molar-refractivity contribution in [3.8, 4) is 0 Å². The molecule has 0 rings (SSSR count). The third-order valence-electron chi connectivity index (χ3n) is 0.671. The van der Waals surface area contributed by atoms with Gasteiger partial charge in [0.2, 0.25) is 0 Å². The quantitative estimate of drug-likeness (QED) is 0.437. The second-order valence-electron chi connectivity index (χ2n) is 1.98. The first-order valence-electron chi connectivity index (χ1n) is 3.77. The van der Waals surface area contributed by atoms with Crippen LogP contribution in [0.25, 0.3) is 0 Å². The predicted molar refractivity (Wildman–Crippen MR) is 55.7 cm³/mol. The van der Waals surface area contributed by atoms with E-state index in [0.717, 1.165) is 13.8 Å². The fourth-order valence-electron chi connectivity index (χ4n) is 0.224. The molecule has 0 aliphatic heterocycles. The van der Waals surface area contributed by atoms with Crippen molar-refractivity contribution in [2.75, 3.05) is 21.3 Å². The normalized spacial score (nSPS) is 8.53. The maximum Gasteiger partial charge on any atom is 2.00 e. The van der Waals surface area contributed by atoms with E-state index in [1.807, 2.05) is 0 Å². The van der Waals surface area contributed by atoms with Crippen LogP contribution < -0.4 is 10.2 Å². The fourth-order valence-corrected chi connectivity index (χ4v) is 0.671. The molecule has 0 aliphatic carbocycles. The molecule has 0 spiro atoms. The van der Waals surface area contributed by atoms with Gasteiger partial charge in [-0.2, -0.15) is 0 Å². The summed E-state index contributed by atoms with van der Waals surface area (Å²) in [5, 5.41) is 17.8. The zero-order valence-corrected chi connectivity index (χ0v) is 12.7. The van der Waals surface area contributed by atoms with E-state index in [4.69, 9.17) is 19.8 Å². The molecule has 0 aromatic rings. The summed E-state index contributed by atoms with van der Waals surface area (Å²) in [6.45, 7) is 1.94. The molecule has 0 atom stereocenters. The largest absolute Gasteiger partial charge is 2.00 e. The van der Waals surface area contributed by atoms with E-state index in [0.29, 0.717) is 0 Å². The van der Waals surface area contributed by atoms with Crippen LogP contribution in [0.3, 0.4) is 0 Å². The number of carboxylic acids is 2. The molecule has 0 aromatic carbocycles. The van der Waals surface area contributed by atoms with Gasteiger partial charge in [0.25, 0.3) is 0 Å². The van der Waals surface area contributed by atoms with Crippen LogP contribution in [0.2, 0.25) is 0 Å². The topological polar surface area (TPSA) is 125 Å². The van der Waals surface area contributed by atoms with Gasteiger partial charge in [-0.1, -0.05) is 0 Å². The summed E-state index contributed by atoms with van der Waals surface area (Å²) in [4.78, 5) is 17.8. The molecular formula is C7H15MgO8P. The zero-order valence-electron chi connectivity index (χ0n) is 10.4. The molecule has 98 valence electrons. The van der Waals surface area contributed by atoms with E-state index in [1.54, 1.807) is 0 Å². The number of phosphoric ester groups is 1. The molecule has 0 bridgehead atoms. The van der Waals surface area contributed by atoms with Crippen LogP contribution >= 0.6 is 7.82 Å². The van der Waals surface area contributed by atoms with Gasteiger partial charge in [-0.25, -0.2) is 4.57 Å². The van der Waals surface area contributed by atoms with Crippen LogP contribution in [-0.2, 0) is 27.7 Å². The third kappa shape index (κ3) is 38.8. The minimum Gasteiger partial charge on any atom is -0.550 e. The number of carbonyl (C=O) groups is 2. The van der Waals surface area contributed by atoms with Crippen molar-refractivity contribution in [1.82, 2.24) is 0 Å². The summed E-state index contributed by atoms with van der Waals surface area (Å²) < 4.78 is 23.7. The molecule has 0 N–H and O–H groups in total. The molecule has 17 heavy (non-hydrogen) atoms. The average Bonchev–Trinajstić information content (AvgIpc) is 2.15. The van der Waals surface area contributed by atoms with Crippen LogP contribution in [-0.4, -0.2) is 56.3 Å². The van der Waals surface area contributed by atoms with E-state index in [2.05, 4.69) is 13.6 Å². The van der Waals surface area contributed by atoms with E-state index in [9.17, 15) is 4.57 Å². The Kier molecular flexibility index (Phi) is 23.8. The predicted octanol–water partition coefficient (Wildman–Crippen LogP) is -1.83. The van der Waals surface area contributed by atoms with Gasteiger partial charge in [0.05, 0.1) is 0 Å². The summed E-state index contributed by atoms with van der Waals surface area (Å²) in [6.07, 6.45) is 0. The Balaban J connectivity index is -0.0000000806. The van der Waals surface area contributed by atoms with Crippen LogP contribution in [0.5, 0.6) is 0 Å². The molecule has 0 saturated carbocycles. The van der Waals surface area contributed by atoms with Crippen molar-refractivity contribution in [3.63, 3.8) is 0 Å². The zero-order chi connectivity index (χ0) is 13.8. The van der Waals surface area contributed by atoms with Gasteiger partial charge in [-0.3, -0.25) is 13.6 Å². The fraction of sp³-hybridized carbons (Fsp3) is 0.714. The maximum atomic E-state index is 10.7. The summed E-state index contributed by atoms with van der Waals surface area (Å²) in [5.74, 6) is -2.17. The van der Waals surface area contributed by atoms with Crippen molar-refractivity contribution < 1.29 is 37.9 Å². The minimum atomic E-state index is -3.16. The molecule has 0 aliphatic rings. The molecule has 0 aromatic heterocycles. The van der Waals surface area contributed by atoms with Gasteiger partial charge in [0, 0.05) is 33.3 Å². The molecule has 0 amide bonds. The molecule has 0 fully saturated rings. The van der Waals surface area contributed by atoms with Gasteiger partial charge in [-0.05, 0) is 13.8 Å². The van der Waals surface area contributed by atoms with Crippen molar-refractivity contribution in [1.29, 1.82) is 0 Å². The number of hydrogen-bond donors (Lipinski definition) is 0. The van der Waals surface area contributed by atoms with E-state index in [1.165, 1.54) is 21.3 Å². The molecular weight excluding hydrogens is 267 g/mol. The van der Waals surface area contributed by atoms with Crippen molar-refractivity contribution >= 4 is 42.8 Å². The molecule has 0 unspecified atom stereocenters. The first-order chi connectivity index (χ1) is 7.15. The summed E-state index contributed by atoms with van der Waals surface area (Å²) in [6, 6.07) is 0. The van der Waals surface area contributed by atoms with Gasteiger partial charge in [0.1, 0.15) is 0 Å². The SMILES string of the molecule is CC(=O)[O-].CC(=O)[O-].COP(=O)(OC)OC.[Mg+2]. The number of carbonyl (C=O) groups excluding carboxylic acids is 2. The Morgan fingerprint density at radius 3 is 1.00 bits per heavy atom. The minimum absolute atomic E-state index is 0. The summed E-state index contributed by atoms with van der Waals surface area (Å²) >= 11 is 0. The second-order valence-corrected chi connectivity index (χ2v) is 3.97. The summed E-state index contributed by atoms with van der Waals surface area (Å²) in [7, 11) is 0.611. The van der Waals surface area contributed by atoms with Crippen LogP contribution in [0, 0.1) is 0 Å². The smallest absolute Gasteiger partial charge is 0.550 e.